The van der Waals surface area contributed by atoms with Gasteiger partial charge in [0.15, 0.2) is 0 Å². The van der Waals surface area contributed by atoms with Gasteiger partial charge in [0.25, 0.3) is 0 Å². The molecule has 68 valence electrons. The Hall–Kier alpha value is -0.0800. The first-order valence-corrected chi connectivity index (χ1v) is 4.15. The van der Waals surface area contributed by atoms with Gasteiger partial charge in [-0.15, -0.1) is 0 Å². The summed E-state index contributed by atoms with van der Waals surface area (Å²) in [6, 6.07) is 0. The maximum absolute atomic E-state index is 9.40. The summed E-state index contributed by atoms with van der Waals surface area (Å²) < 4.78 is 5.26. The third kappa shape index (κ3) is 3.21. The second-order valence-electron chi connectivity index (χ2n) is 3.79. The summed E-state index contributed by atoms with van der Waals surface area (Å²) in [6.45, 7) is 7.96. The molecule has 0 fully saturated rings. The first-order valence-electron chi connectivity index (χ1n) is 4.15. The minimum absolute atomic E-state index is 0.381. The lowest BCUT2D eigenvalue weighted by Gasteiger charge is -2.32. The fourth-order valence-corrected chi connectivity index (χ4v) is 1.24. The van der Waals surface area contributed by atoms with Gasteiger partial charge >= 0.3 is 0 Å². The van der Waals surface area contributed by atoms with E-state index in [1.165, 1.54) is 0 Å². The van der Waals surface area contributed by atoms with Crippen LogP contribution in [-0.2, 0) is 4.74 Å². The Balaban J connectivity index is 4.10. The molecular formula is C9H20O2. The number of ether oxygens (including phenoxy) is 1. The minimum atomic E-state index is -0.408. The summed E-state index contributed by atoms with van der Waals surface area (Å²) in [4.78, 5) is 0. The van der Waals surface area contributed by atoms with Gasteiger partial charge in [-0.25, -0.2) is 0 Å². The molecule has 0 aromatic carbocycles. The van der Waals surface area contributed by atoms with Crippen molar-refractivity contribution >= 4 is 0 Å². The molecule has 0 saturated heterocycles. The number of hydrogen-bond acceptors (Lipinski definition) is 2. The molecule has 0 rings (SSSR count). The standard InChI is InChI=1S/C9H20O2/c1-7(2)6-9(4,11-5)8(3)10/h7-8,10H,6H2,1-5H3. The summed E-state index contributed by atoms with van der Waals surface area (Å²) in [6.07, 6.45) is 0.483. The molecule has 0 aliphatic rings. The number of aliphatic hydroxyl groups excluding tert-OH is 1. The minimum Gasteiger partial charge on any atom is -0.390 e. The van der Waals surface area contributed by atoms with Crippen LogP contribution in [0.2, 0.25) is 0 Å². The largest absolute Gasteiger partial charge is 0.390 e. The zero-order valence-corrected chi connectivity index (χ0v) is 8.22. The molecular weight excluding hydrogens is 140 g/mol. The molecule has 0 spiro atoms. The van der Waals surface area contributed by atoms with Crippen LogP contribution in [0.4, 0.5) is 0 Å². The SMILES string of the molecule is COC(C)(CC(C)C)C(C)O. The van der Waals surface area contributed by atoms with E-state index in [2.05, 4.69) is 13.8 Å². The van der Waals surface area contributed by atoms with Gasteiger partial charge in [-0.05, 0) is 26.2 Å². The predicted molar refractivity (Wildman–Crippen MR) is 46.5 cm³/mol. The Morgan fingerprint density at radius 3 is 1.91 bits per heavy atom. The van der Waals surface area contributed by atoms with Crippen molar-refractivity contribution in [2.45, 2.75) is 45.8 Å². The van der Waals surface area contributed by atoms with Crippen LogP contribution in [0.15, 0.2) is 0 Å². The first-order chi connectivity index (χ1) is 4.92. The molecule has 0 amide bonds. The lowest BCUT2D eigenvalue weighted by Crippen LogP contribution is -2.40. The number of methoxy groups -OCH3 is 1. The van der Waals surface area contributed by atoms with Crippen LogP contribution >= 0.6 is 0 Å². The first kappa shape index (κ1) is 10.9. The highest BCUT2D eigenvalue weighted by Gasteiger charge is 2.30. The summed E-state index contributed by atoms with van der Waals surface area (Å²) in [5.41, 5.74) is -0.381. The van der Waals surface area contributed by atoms with E-state index in [1.54, 1.807) is 14.0 Å². The number of aliphatic hydroxyl groups is 1. The molecule has 0 bridgehead atoms. The van der Waals surface area contributed by atoms with Gasteiger partial charge in [0, 0.05) is 7.11 Å². The van der Waals surface area contributed by atoms with Crippen LogP contribution in [0.25, 0.3) is 0 Å². The zero-order chi connectivity index (χ0) is 9.07. The smallest absolute Gasteiger partial charge is 0.0908 e. The number of rotatable bonds is 4. The Bertz CT molecular complexity index is 110. The monoisotopic (exact) mass is 160 g/mol. The maximum atomic E-state index is 9.40. The molecule has 0 radical (unpaired) electrons. The van der Waals surface area contributed by atoms with Crippen molar-refractivity contribution < 1.29 is 9.84 Å². The van der Waals surface area contributed by atoms with Gasteiger partial charge in [-0.1, -0.05) is 13.8 Å². The summed E-state index contributed by atoms with van der Waals surface area (Å²) in [5.74, 6) is 0.551. The molecule has 2 unspecified atom stereocenters. The van der Waals surface area contributed by atoms with Gasteiger partial charge in [0.05, 0.1) is 11.7 Å². The van der Waals surface area contributed by atoms with Crippen LogP contribution in [0.5, 0.6) is 0 Å². The normalized spacial score (nSPS) is 19.9. The van der Waals surface area contributed by atoms with Crippen LogP contribution in [0, 0.1) is 5.92 Å². The second kappa shape index (κ2) is 4.07. The van der Waals surface area contributed by atoms with Crippen LogP contribution in [0.3, 0.4) is 0 Å². The van der Waals surface area contributed by atoms with E-state index in [1.807, 2.05) is 6.92 Å². The van der Waals surface area contributed by atoms with Crippen molar-refractivity contribution in [3.05, 3.63) is 0 Å². The summed E-state index contributed by atoms with van der Waals surface area (Å²) >= 11 is 0. The van der Waals surface area contributed by atoms with Crippen molar-refractivity contribution in [1.82, 2.24) is 0 Å². The van der Waals surface area contributed by atoms with E-state index < -0.39 is 6.10 Å². The van der Waals surface area contributed by atoms with Gasteiger partial charge in [-0.3, -0.25) is 0 Å². The Morgan fingerprint density at radius 1 is 1.36 bits per heavy atom. The molecule has 11 heavy (non-hydrogen) atoms. The van der Waals surface area contributed by atoms with Crippen LogP contribution in [-0.4, -0.2) is 23.9 Å². The fourth-order valence-electron chi connectivity index (χ4n) is 1.24. The molecule has 0 aliphatic heterocycles. The molecule has 0 aromatic heterocycles. The second-order valence-corrected chi connectivity index (χ2v) is 3.79. The highest BCUT2D eigenvalue weighted by molar-refractivity contribution is 4.81. The van der Waals surface area contributed by atoms with E-state index in [-0.39, 0.29) is 5.60 Å². The van der Waals surface area contributed by atoms with E-state index in [0.29, 0.717) is 5.92 Å². The Kier molecular flexibility index (Phi) is 4.04. The molecule has 0 aromatic rings. The zero-order valence-electron chi connectivity index (χ0n) is 8.22. The quantitative estimate of drug-likeness (QED) is 0.679. The molecule has 0 aliphatic carbocycles. The van der Waals surface area contributed by atoms with E-state index >= 15 is 0 Å². The topological polar surface area (TPSA) is 29.5 Å². The molecule has 0 heterocycles. The van der Waals surface area contributed by atoms with Crippen LogP contribution < -0.4 is 0 Å². The summed E-state index contributed by atoms with van der Waals surface area (Å²) in [5, 5.41) is 9.40. The van der Waals surface area contributed by atoms with Gasteiger partial charge in [0.2, 0.25) is 0 Å². The lowest BCUT2D eigenvalue weighted by atomic mass is 9.90. The van der Waals surface area contributed by atoms with E-state index in [0.717, 1.165) is 6.42 Å². The molecule has 2 nitrogen and oxygen atoms in total. The van der Waals surface area contributed by atoms with Crippen LogP contribution in [0.1, 0.15) is 34.1 Å². The highest BCUT2D eigenvalue weighted by atomic mass is 16.5. The van der Waals surface area contributed by atoms with Gasteiger partial charge < -0.3 is 9.84 Å². The van der Waals surface area contributed by atoms with Crippen molar-refractivity contribution in [3.63, 3.8) is 0 Å². The molecule has 2 heteroatoms. The van der Waals surface area contributed by atoms with Crippen molar-refractivity contribution in [2.24, 2.45) is 5.92 Å². The maximum Gasteiger partial charge on any atom is 0.0908 e. The predicted octanol–water partition coefficient (Wildman–Crippen LogP) is 1.82. The Labute approximate surface area is 69.6 Å². The lowest BCUT2D eigenvalue weighted by molar-refractivity contribution is -0.0934. The van der Waals surface area contributed by atoms with Crippen molar-refractivity contribution in [1.29, 1.82) is 0 Å². The average molecular weight is 160 g/mol. The average Bonchev–Trinajstić information content (AvgIpc) is 1.86. The summed E-state index contributed by atoms with van der Waals surface area (Å²) in [7, 11) is 1.65. The van der Waals surface area contributed by atoms with Gasteiger partial charge in [-0.2, -0.15) is 0 Å². The van der Waals surface area contributed by atoms with E-state index in [9.17, 15) is 5.11 Å². The molecule has 1 N–H and O–H groups in total. The number of hydrogen-bond donors (Lipinski definition) is 1. The third-order valence-electron chi connectivity index (χ3n) is 2.16. The molecule has 2 atom stereocenters. The third-order valence-corrected chi connectivity index (χ3v) is 2.16. The Morgan fingerprint density at radius 2 is 1.82 bits per heavy atom. The highest BCUT2D eigenvalue weighted by Crippen LogP contribution is 2.23. The molecule has 0 saturated carbocycles. The van der Waals surface area contributed by atoms with E-state index in [4.69, 9.17) is 4.74 Å². The van der Waals surface area contributed by atoms with Gasteiger partial charge in [0.1, 0.15) is 0 Å². The fraction of sp³-hybridized carbons (Fsp3) is 1.00. The van der Waals surface area contributed by atoms with Crippen molar-refractivity contribution in [3.8, 4) is 0 Å². The van der Waals surface area contributed by atoms with Crippen molar-refractivity contribution in [2.75, 3.05) is 7.11 Å².